The number of para-hydroxylation sites is 1. The predicted octanol–water partition coefficient (Wildman–Crippen LogP) is 4.21. The Balaban J connectivity index is 1.29. The first-order valence-electron chi connectivity index (χ1n) is 11.0. The number of rotatable bonds is 7. The van der Waals surface area contributed by atoms with Gasteiger partial charge in [0, 0.05) is 36.9 Å². The monoisotopic (exact) mass is 435 g/mol. The average molecular weight is 436 g/mol. The molecule has 0 unspecified atom stereocenters. The van der Waals surface area contributed by atoms with Crippen molar-refractivity contribution in [1.82, 2.24) is 19.2 Å². The molecule has 6 nitrogen and oxygen atoms in total. The molecule has 162 valence electrons. The van der Waals surface area contributed by atoms with Crippen molar-refractivity contribution in [3.05, 3.63) is 70.8 Å². The molecule has 1 aliphatic carbocycles. The maximum atomic E-state index is 5.84. The lowest BCUT2D eigenvalue weighted by molar-refractivity contribution is 0.122. The highest BCUT2D eigenvalue weighted by Gasteiger charge is 2.30. The Hall–Kier alpha value is -2.48. The maximum Gasteiger partial charge on any atom is 0.203 e. The molecule has 0 radical (unpaired) electrons. The normalized spacial score (nSPS) is 16.8. The van der Waals surface area contributed by atoms with Crippen LogP contribution in [-0.4, -0.2) is 52.6 Å². The van der Waals surface area contributed by atoms with Gasteiger partial charge in [-0.3, -0.25) is 9.47 Å². The van der Waals surface area contributed by atoms with E-state index in [4.69, 9.17) is 22.1 Å². The molecule has 3 aromatic rings. The van der Waals surface area contributed by atoms with Gasteiger partial charge in [0.25, 0.3) is 0 Å². The molecule has 2 fully saturated rings. The minimum Gasteiger partial charge on any atom is -0.378 e. The molecule has 7 heteroatoms. The van der Waals surface area contributed by atoms with Gasteiger partial charge in [-0.25, -0.2) is 4.68 Å². The minimum atomic E-state index is 0.529. The van der Waals surface area contributed by atoms with Gasteiger partial charge in [0.2, 0.25) is 4.77 Å². The number of anilines is 1. The number of benzene rings is 2. The SMILES string of the molecule is CN(Cc1ccc(N2CCOCC2)cc1)Cn1nc(C2CC2)n(-c2ccccc2)c1=S. The summed E-state index contributed by atoms with van der Waals surface area (Å²) in [6, 6.07) is 19.2. The molecule has 5 rings (SSSR count). The number of hydrogen-bond donors (Lipinski definition) is 0. The highest BCUT2D eigenvalue weighted by Crippen LogP contribution is 2.40. The summed E-state index contributed by atoms with van der Waals surface area (Å²) in [5.41, 5.74) is 3.66. The van der Waals surface area contributed by atoms with Gasteiger partial charge in [0.1, 0.15) is 5.82 Å². The molecule has 1 saturated heterocycles. The van der Waals surface area contributed by atoms with Crippen molar-refractivity contribution in [2.45, 2.75) is 32.0 Å². The standard InChI is InChI=1S/C24H29N5OS/c1-26(17-19-7-11-21(12-8-19)27-13-15-30-16-14-27)18-28-24(31)29(22-5-3-2-4-6-22)23(25-28)20-9-10-20/h2-8,11-12,20H,9-10,13-18H2,1H3. The molecule has 0 atom stereocenters. The summed E-state index contributed by atoms with van der Waals surface area (Å²) in [6.07, 6.45) is 2.40. The van der Waals surface area contributed by atoms with Crippen LogP contribution in [0.5, 0.6) is 0 Å². The molecule has 1 saturated carbocycles. The second kappa shape index (κ2) is 8.94. The second-order valence-electron chi connectivity index (χ2n) is 8.51. The number of nitrogens with zero attached hydrogens (tertiary/aromatic N) is 5. The van der Waals surface area contributed by atoms with Gasteiger partial charge < -0.3 is 9.64 Å². The second-order valence-corrected chi connectivity index (χ2v) is 8.87. The molecule has 1 aliphatic heterocycles. The van der Waals surface area contributed by atoms with Gasteiger partial charge in [0.15, 0.2) is 0 Å². The van der Waals surface area contributed by atoms with Crippen LogP contribution >= 0.6 is 12.2 Å². The zero-order valence-corrected chi connectivity index (χ0v) is 18.8. The summed E-state index contributed by atoms with van der Waals surface area (Å²) >= 11 is 5.84. The summed E-state index contributed by atoms with van der Waals surface area (Å²) < 4.78 is 10.3. The molecule has 0 N–H and O–H groups in total. The third-order valence-electron chi connectivity index (χ3n) is 5.96. The third kappa shape index (κ3) is 4.59. The van der Waals surface area contributed by atoms with Crippen LogP contribution < -0.4 is 4.90 Å². The number of aromatic nitrogens is 3. The van der Waals surface area contributed by atoms with Crippen LogP contribution in [0.15, 0.2) is 54.6 Å². The van der Waals surface area contributed by atoms with E-state index in [-0.39, 0.29) is 0 Å². The average Bonchev–Trinajstić information content (AvgIpc) is 3.60. The van der Waals surface area contributed by atoms with E-state index in [1.54, 1.807) is 0 Å². The maximum absolute atomic E-state index is 5.84. The molecule has 31 heavy (non-hydrogen) atoms. The van der Waals surface area contributed by atoms with Crippen LogP contribution in [0, 0.1) is 4.77 Å². The van der Waals surface area contributed by atoms with Crippen LogP contribution in [0.3, 0.4) is 0 Å². The Morgan fingerprint density at radius 3 is 2.39 bits per heavy atom. The fourth-order valence-corrected chi connectivity index (χ4v) is 4.46. The van der Waals surface area contributed by atoms with Crippen molar-refractivity contribution in [1.29, 1.82) is 0 Å². The summed E-state index contributed by atoms with van der Waals surface area (Å²) in [5, 5.41) is 4.92. The summed E-state index contributed by atoms with van der Waals surface area (Å²) in [4.78, 5) is 4.64. The Labute approximate surface area is 188 Å². The zero-order valence-electron chi connectivity index (χ0n) is 18.0. The van der Waals surface area contributed by atoms with Gasteiger partial charge in [0.05, 0.1) is 19.9 Å². The first-order valence-corrected chi connectivity index (χ1v) is 11.5. The smallest absolute Gasteiger partial charge is 0.203 e. The van der Waals surface area contributed by atoms with Crippen molar-refractivity contribution >= 4 is 17.9 Å². The largest absolute Gasteiger partial charge is 0.378 e. The molecule has 0 amide bonds. The van der Waals surface area contributed by atoms with Crippen molar-refractivity contribution < 1.29 is 4.74 Å². The van der Waals surface area contributed by atoms with E-state index in [2.05, 4.69) is 69.9 Å². The summed E-state index contributed by atoms with van der Waals surface area (Å²) in [6.45, 7) is 5.06. The molecule has 0 spiro atoms. The van der Waals surface area contributed by atoms with Crippen molar-refractivity contribution in [2.24, 2.45) is 0 Å². The van der Waals surface area contributed by atoms with Gasteiger partial charge in [-0.1, -0.05) is 30.3 Å². The van der Waals surface area contributed by atoms with Crippen LogP contribution in [0.25, 0.3) is 5.69 Å². The molecular formula is C24H29N5OS. The lowest BCUT2D eigenvalue weighted by Gasteiger charge is -2.29. The number of morpholine rings is 1. The fraction of sp³-hybridized carbons (Fsp3) is 0.417. The van der Waals surface area contributed by atoms with Crippen molar-refractivity contribution in [3.8, 4) is 5.69 Å². The zero-order chi connectivity index (χ0) is 21.2. The van der Waals surface area contributed by atoms with E-state index >= 15 is 0 Å². The Bertz CT molecular complexity index is 1070. The highest BCUT2D eigenvalue weighted by molar-refractivity contribution is 7.71. The molecule has 1 aromatic heterocycles. The van der Waals surface area contributed by atoms with E-state index in [9.17, 15) is 0 Å². The Kier molecular flexibility index (Phi) is 5.89. The Morgan fingerprint density at radius 2 is 1.71 bits per heavy atom. The molecule has 2 aromatic carbocycles. The van der Waals surface area contributed by atoms with Gasteiger partial charge in [-0.15, -0.1) is 0 Å². The number of ether oxygens (including phenoxy) is 1. The van der Waals surface area contributed by atoms with E-state index in [1.807, 2.05) is 10.7 Å². The molecule has 2 aliphatic rings. The lowest BCUT2D eigenvalue weighted by atomic mass is 10.2. The van der Waals surface area contributed by atoms with Gasteiger partial charge in [-0.05, 0) is 61.9 Å². The molecule has 2 heterocycles. The highest BCUT2D eigenvalue weighted by atomic mass is 32.1. The molecular weight excluding hydrogens is 406 g/mol. The summed E-state index contributed by atoms with van der Waals surface area (Å²) in [7, 11) is 2.12. The minimum absolute atomic E-state index is 0.529. The summed E-state index contributed by atoms with van der Waals surface area (Å²) in [5.74, 6) is 1.63. The van der Waals surface area contributed by atoms with Crippen LogP contribution in [-0.2, 0) is 18.0 Å². The van der Waals surface area contributed by atoms with Crippen LogP contribution in [0.1, 0.15) is 30.1 Å². The molecule has 0 bridgehead atoms. The van der Waals surface area contributed by atoms with Crippen molar-refractivity contribution in [2.75, 3.05) is 38.3 Å². The quantitative estimate of drug-likeness (QED) is 0.520. The Morgan fingerprint density at radius 1 is 1.00 bits per heavy atom. The van der Waals surface area contributed by atoms with E-state index in [1.165, 1.54) is 24.1 Å². The predicted molar refractivity (Wildman–Crippen MR) is 125 cm³/mol. The van der Waals surface area contributed by atoms with Gasteiger partial charge in [-0.2, -0.15) is 5.10 Å². The van der Waals surface area contributed by atoms with Crippen molar-refractivity contribution in [3.63, 3.8) is 0 Å². The topological polar surface area (TPSA) is 38.5 Å². The first kappa shape index (κ1) is 20.4. The van der Waals surface area contributed by atoms with E-state index in [0.717, 1.165) is 49.1 Å². The first-order chi connectivity index (χ1) is 15.2. The third-order valence-corrected chi connectivity index (χ3v) is 6.36. The van der Waals surface area contributed by atoms with E-state index in [0.29, 0.717) is 12.6 Å². The lowest BCUT2D eigenvalue weighted by Crippen LogP contribution is -2.36. The van der Waals surface area contributed by atoms with E-state index < -0.39 is 0 Å². The fourth-order valence-electron chi connectivity index (χ4n) is 4.17. The van der Waals surface area contributed by atoms with Gasteiger partial charge >= 0.3 is 0 Å². The van der Waals surface area contributed by atoms with Crippen LogP contribution in [0.2, 0.25) is 0 Å². The number of hydrogen-bond acceptors (Lipinski definition) is 5. The van der Waals surface area contributed by atoms with Crippen LogP contribution in [0.4, 0.5) is 5.69 Å².